The van der Waals surface area contributed by atoms with Crippen molar-refractivity contribution in [1.82, 2.24) is 9.88 Å². The van der Waals surface area contributed by atoms with Gasteiger partial charge in [-0.05, 0) is 34.6 Å². The number of hydrogen-bond donors (Lipinski definition) is 2. The van der Waals surface area contributed by atoms with Gasteiger partial charge < -0.3 is 10.0 Å². The van der Waals surface area contributed by atoms with E-state index in [4.69, 9.17) is 0 Å². The summed E-state index contributed by atoms with van der Waals surface area (Å²) in [5.41, 5.74) is -0.402. The highest BCUT2D eigenvalue weighted by Crippen LogP contribution is 2.23. The molecule has 2 amide bonds. The second kappa shape index (κ2) is 5.56. The second-order valence-electron chi connectivity index (χ2n) is 4.70. The number of aliphatic carboxylic acids is 1. The van der Waals surface area contributed by atoms with E-state index in [9.17, 15) is 14.7 Å². The summed E-state index contributed by atoms with van der Waals surface area (Å²) >= 11 is 1.37. The molecule has 1 aromatic rings. The number of nitrogens with one attached hydrogen (secondary N) is 1. The van der Waals surface area contributed by atoms with Crippen molar-refractivity contribution in [2.24, 2.45) is 0 Å². The van der Waals surface area contributed by atoms with Crippen LogP contribution in [0, 0.1) is 13.8 Å². The van der Waals surface area contributed by atoms with Gasteiger partial charge in [0.1, 0.15) is 5.54 Å². The summed E-state index contributed by atoms with van der Waals surface area (Å²) in [6, 6.07) is -0.455. The fraction of sp³-hybridized carbons (Fsp3) is 0.583. The third-order valence-corrected chi connectivity index (χ3v) is 3.99. The number of urea groups is 1. The molecule has 0 aliphatic heterocycles. The highest BCUT2D eigenvalue weighted by molar-refractivity contribution is 7.15. The number of likely N-dealkylation sites (N-methyl/N-ethyl adjacent to an activating group) is 1. The molecule has 106 valence electrons. The first-order chi connectivity index (χ1) is 8.70. The molecule has 7 heteroatoms. The summed E-state index contributed by atoms with van der Waals surface area (Å²) in [6.07, 6.45) is 0. The van der Waals surface area contributed by atoms with Crippen LogP contribution in [0.4, 0.5) is 9.93 Å². The van der Waals surface area contributed by atoms with E-state index in [0.29, 0.717) is 11.7 Å². The number of carboxylic acids is 1. The fourth-order valence-electron chi connectivity index (χ4n) is 1.59. The number of rotatable bonds is 4. The van der Waals surface area contributed by atoms with Crippen molar-refractivity contribution in [2.75, 3.05) is 11.9 Å². The molecule has 0 fully saturated rings. The quantitative estimate of drug-likeness (QED) is 0.890. The van der Waals surface area contributed by atoms with E-state index in [0.717, 1.165) is 10.6 Å². The van der Waals surface area contributed by atoms with Gasteiger partial charge in [-0.25, -0.2) is 14.6 Å². The summed E-state index contributed by atoms with van der Waals surface area (Å²) in [5, 5.41) is 12.3. The van der Waals surface area contributed by atoms with Gasteiger partial charge in [-0.2, -0.15) is 0 Å². The Morgan fingerprint density at radius 3 is 2.37 bits per heavy atom. The van der Waals surface area contributed by atoms with Crippen molar-refractivity contribution in [3.63, 3.8) is 0 Å². The van der Waals surface area contributed by atoms with Crippen LogP contribution < -0.4 is 5.32 Å². The Bertz CT molecular complexity index is 477. The van der Waals surface area contributed by atoms with E-state index >= 15 is 0 Å². The van der Waals surface area contributed by atoms with E-state index in [2.05, 4.69) is 10.3 Å². The van der Waals surface area contributed by atoms with E-state index < -0.39 is 17.5 Å². The maximum absolute atomic E-state index is 12.1. The Hall–Kier alpha value is -1.63. The lowest BCUT2D eigenvalue weighted by Crippen LogP contribution is -2.54. The minimum absolute atomic E-state index is 0.300. The number of nitrogens with zero attached hydrogens (tertiary/aromatic N) is 2. The van der Waals surface area contributed by atoms with Gasteiger partial charge >= 0.3 is 12.0 Å². The van der Waals surface area contributed by atoms with Crippen LogP contribution >= 0.6 is 11.3 Å². The molecule has 0 aromatic carbocycles. The number of carboxylic acid groups (broad SMARTS) is 1. The van der Waals surface area contributed by atoms with Gasteiger partial charge in [0.05, 0.1) is 5.69 Å². The Balaban J connectivity index is 2.89. The van der Waals surface area contributed by atoms with E-state index in [1.807, 2.05) is 13.8 Å². The summed E-state index contributed by atoms with van der Waals surface area (Å²) < 4.78 is 0. The summed E-state index contributed by atoms with van der Waals surface area (Å²) in [5.74, 6) is -1.05. The Morgan fingerprint density at radius 1 is 1.42 bits per heavy atom. The average molecular weight is 285 g/mol. The molecule has 0 unspecified atom stereocenters. The summed E-state index contributed by atoms with van der Waals surface area (Å²) in [4.78, 5) is 29.8. The standard InChI is InChI=1S/C12H19N3O3S/c1-6-15(12(4,5)9(16)17)11(18)14-10-13-7(2)8(3)19-10/h6H2,1-5H3,(H,16,17)(H,13,14,18). The van der Waals surface area contributed by atoms with Crippen LogP contribution in [-0.4, -0.2) is 39.1 Å². The van der Waals surface area contributed by atoms with Crippen LogP contribution in [0.2, 0.25) is 0 Å². The van der Waals surface area contributed by atoms with Crippen molar-refractivity contribution in [1.29, 1.82) is 0 Å². The molecular weight excluding hydrogens is 266 g/mol. The van der Waals surface area contributed by atoms with Gasteiger partial charge in [0.2, 0.25) is 0 Å². The molecule has 1 heterocycles. The number of aromatic nitrogens is 1. The van der Waals surface area contributed by atoms with Gasteiger partial charge in [0.15, 0.2) is 5.13 Å². The molecule has 0 spiro atoms. The van der Waals surface area contributed by atoms with Crippen LogP contribution in [0.5, 0.6) is 0 Å². The molecule has 2 N–H and O–H groups in total. The molecule has 6 nitrogen and oxygen atoms in total. The van der Waals surface area contributed by atoms with E-state index in [1.165, 1.54) is 30.1 Å². The number of anilines is 1. The van der Waals surface area contributed by atoms with Crippen molar-refractivity contribution in [3.05, 3.63) is 10.6 Å². The van der Waals surface area contributed by atoms with Crippen molar-refractivity contribution in [3.8, 4) is 0 Å². The zero-order valence-corrected chi connectivity index (χ0v) is 12.6. The van der Waals surface area contributed by atoms with Gasteiger partial charge in [0, 0.05) is 11.4 Å². The summed E-state index contributed by atoms with van der Waals surface area (Å²) in [6.45, 7) is 8.81. The minimum atomic E-state index is -1.26. The SMILES string of the molecule is CCN(C(=O)Nc1nc(C)c(C)s1)C(C)(C)C(=O)O. The minimum Gasteiger partial charge on any atom is -0.480 e. The van der Waals surface area contributed by atoms with Crippen molar-refractivity contribution < 1.29 is 14.7 Å². The molecule has 1 aromatic heterocycles. The highest BCUT2D eigenvalue weighted by Gasteiger charge is 2.37. The van der Waals surface area contributed by atoms with Crippen LogP contribution in [-0.2, 0) is 4.79 Å². The third-order valence-electron chi connectivity index (χ3n) is 3.00. The first-order valence-electron chi connectivity index (χ1n) is 5.96. The Morgan fingerprint density at radius 2 is 2.00 bits per heavy atom. The zero-order valence-electron chi connectivity index (χ0n) is 11.8. The molecule has 0 saturated carbocycles. The molecule has 0 radical (unpaired) electrons. The van der Waals surface area contributed by atoms with E-state index in [1.54, 1.807) is 6.92 Å². The van der Waals surface area contributed by atoms with Crippen LogP contribution in [0.1, 0.15) is 31.3 Å². The highest BCUT2D eigenvalue weighted by atomic mass is 32.1. The maximum atomic E-state index is 12.1. The zero-order chi connectivity index (χ0) is 14.8. The molecule has 0 saturated heterocycles. The molecular formula is C12H19N3O3S. The van der Waals surface area contributed by atoms with Gasteiger partial charge in [-0.3, -0.25) is 5.32 Å². The monoisotopic (exact) mass is 285 g/mol. The second-order valence-corrected chi connectivity index (χ2v) is 5.90. The first kappa shape index (κ1) is 15.4. The molecule has 19 heavy (non-hydrogen) atoms. The smallest absolute Gasteiger partial charge is 0.329 e. The fourth-order valence-corrected chi connectivity index (χ4v) is 2.40. The van der Waals surface area contributed by atoms with Crippen LogP contribution in [0.25, 0.3) is 0 Å². The van der Waals surface area contributed by atoms with Gasteiger partial charge in [0.25, 0.3) is 0 Å². The van der Waals surface area contributed by atoms with Gasteiger partial charge in [-0.1, -0.05) is 0 Å². The molecule has 0 aliphatic rings. The topological polar surface area (TPSA) is 82.5 Å². The van der Waals surface area contributed by atoms with Crippen LogP contribution in [0.3, 0.4) is 0 Å². The Labute approximate surface area is 116 Å². The predicted molar refractivity (Wildman–Crippen MR) is 74.7 cm³/mol. The number of carbonyl (C=O) groups excluding carboxylic acids is 1. The number of hydrogen-bond acceptors (Lipinski definition) is 4. The molecule has 1 rings (SSSR count). The van der Waals surface area contributed by atoms with Crippen molar-refractivity contribution >= 4 is 28.5 Å². The lowest BCUT2D eigenvalue weighted by molar-refractivity contribution is -0.147. The third kappa shape index (κ3) is 3.23. The lowest BCUT2D eigenvalue weighted by atomic mass is 10.0. The molecule has 0 atom stereocenters. The largest absolute Gasteiger partial charge is 0.480 e. The molecule has 0 bridgehead atoms. The number of amides is 2. The molecule has 0 aliphatic carbocycles. The number of aryl methyl sites for hydroxylation is 2. The number of thiazole rings is 1. The first-order valence-corrected chi connectivity index (χ1v) is 6.77. The average Bonchev–Trinajstić information content (AvgIpc) is 2.57. The van der Waals surface area contributed by atoms with Gasteiger partial charge in [-0.15, -0.1) is 11.3 Å². The predicted octanol–water partition coefficient (Wildman–Crippen LogP) is 2.48. The van der Waals surface area contributed by atoms with Crippen LogP contribution in [0.15, 0.2) is 0 Å². The number of carbonyl (C=O) groups is 2. The Kier molecular flexibility index (Phi) is 4.52. The van der Waals surface area contributed by atoms with E-state index in [-0.39, 0.29) is 0 Å². The summed E-state index contributed by atoms with van der Waals surface area (Å²) in [7, 11) is 0. The normalized spacial score (nSPS) is 11.2. The maximum Gasteiger partial charge on any atom is 0.329 e. The van der Waals surface area contributed by atoms with Crippen molar-refractivity contribution in [2.45, 2.75) is 40.2 Å². The lowest BCUT2D eigenvalue weighted by Gasteiger charge is -2.33.